The molecule has 0 heterocycles. The Kier molecular flexibility index (Phi) is 4.74. The summed E-state index contributed by atoms with van der Waals surface area (Å²) >= 11 is 0. The predicted molar refractivity (Wildman–Crippen MR) is 75.2 cm³/mol. The van der Waals surface area contributed by atoms with Crippen molar-refractivity contribution in [3.8, 4) is 5.75 Å². The van der Waals surface area contributed by atoms with E-state index in [1.165, 1.54) is 0 Å². The summed E-state index contributed by atoms with van der Waals surface area (Å²) in [5, 5.41) is 0. The molecule has 0 bridgehead atoms. The fraction of sp³-hybridized carbons (Fsp3) is 0.438. The fourth-order valence-corrected chi connectivity index (χ4v) is 2.49. The Labute approximate surface area is 114 Å². The van der Waals surface area contributed by atoms with E-state index >= 15 is 0 Å². The molecule has 1 unspecified atom stereocenters. The van der Waals surface area contributed by atoms with Crippen molar-refractivity contribution in [3.63, 3.8) is 0 Å². The molecule has 1 fully saturated rings. The number of ketones is 1. The Balaban J connectivity index is 2.23. The van der Waals surface area contributed by atoms with Gasteiger partial charge >= 0.3 is 0 Å². The average molecular weight is 260 g/mol. The summed E-state index contributed by atoms with van der Waals surface area (Å²) < 4.78 is 10.4. The van der Waals surface area contributed by atoms with E-state index in [4.69, 9.17) is 9.47 Å². The molecule has 0 spiro atoms. The van der Waals surface area contributed by atoms with Crippen LogP contribution in [-0.2, 0) is 9.53 Å². The van der Waals surface area contributed by atoms with Crippen LogP contribution in [0.25, 0.3) is 6.08 Å². The van der Waals surface area contributed by atoms with Crippen molar-refractivity contribution in [1.82, 2.24) is 0 Å². The van der Waals surface area contributed by atoms with Crippen molar-refractivity contribution in [2.24, 2.45) is 5.92 Å². The van der Waals surface area contributed by atoms with E-state index in [0.29, 0.717) is 13.0 Å². The summed E-state index contributed by atoms with van der Waals surface area (Å²) in [5.41, 5.74) is 1.94. The van der Waals surface area contributed by atoms with Crippen LogP contribution < -0.4 is 4.74 Å². The van der Waals surface area contributed by atoms with Gasteiger partial charge in [-0.15, -0.1) is 0 Å². The molecular formula is C16H20O3. The first-order valence-electron chi connectivity index (χ1n) is 6.62. The molecule has 0 amide bonds. The highest BCUT2D eigenvalue weighted by Gasteiger charge is 2.25. The maximum Gasteiger partial charge on any atom is 0.159 e. The lowest BCUT2D eigenvalue weighted by molar-refractivity contribution is -0.117. The van der Waals surface area contributed by atoms with Gasteiger partial charge in [0.25, 0.3) is 0 Å². The quantitative estimate of drug-likeness (QED) is 0.780. The van der Waals surface area contributed by atoms with Crippen LogP contribution in [0.3, 0.4) is 0 Å². The standard InChI is InChI=1S/C16H20O3/c1-18-11-13-4-3-5-16(17)15(13)10-12-6-8-14(19-2)9-7-12/h6-10,13H,3-5,11H2,1-2H3. The average Bonchev–Trinajstić information content (AvgIpc) is 2.44. The number of ether oxygens (including phenoxy) is 2. The molecular weight excluding hydrogens is 240 g/mol. The molecule has 3 nitrogen and oxygen atoms in total. The van der Waals surface area contributed by atoms with E-state index < -0.39 is 0 Å². The van der Waals surface area contributed by atoms with Gasteiger partial charge in [0.2, 0.25) is 0 Å². The van der Waals surface area contributed by atoms with E-state index in [9.17, 15) is 4.79 Å². The minimum absolute atomic E-state index is 0.230. The minimum atomic E-state index is 0.230. The number of carbonyl (C=O) groups is 1. The first-order valence-corrected chi connectivity index (χ1v) is 6.62. The molecule has 1 aromatic rings. The van der Waals surface area contributed by atoms with E-state index in [-0.39, 0.29) is 11.7 Å². The van der Waals surface area contributed by atoms with Gasteiger partial charge in [-0.05, 0) is 36.6 Å². The molecule has 1 saturated carbocycles. The topological polar surface area (TPSA) is 35.5 Å². The molecule has 19 heavy (non-hydrogen) atoms. The van der Waals surface area contributed by atoms with Crippen LogP contribution in [0.2, 0.25) is 0 Å². The number of carbonyl (C=O) groups excluding carboxylic acids is 1. The highest BCUT2D eigenvalue weighted by atomic mass is 16.5. The van der Waals surface area contributed by atoms with Crippen molar-refractivity contribution >= 4 is 11.9 Å². The summed E-state index contributed by atoms with van der Waals surface area (Å²) in [6.07, 6.45) is 4.64. The Morgan fingerprint density at radius 3 is 2.63 bits per heavy atom. The van der Waals surface area contributed by atoms with Gasteiger partial charge in [0.1, 0.15) is 5.75 Å². The molecule has 0 N–H and O–H groups in total. The summed E-state index contributed by atoms with van der Waals surface area (Å²) in [6.45, 7) is 0.619. The summed E-state index contributed by atoms with van der Waals surface area (Å²) in [5.74, 6) is 1.31. The van der Waals surface area contributed by atoms with Gasteiger partial charge in [0.15, 0.2) is 5.78 Å². The van der Waals surface area contributed by atoms with Crippen molar-refractivity contribution in [1.29, 1.82) is 0 Å². The zero-order valence-corrected chi connectivity index (χ0v) is 11.5. The number of hydrogen-bond donors (Lipinski definition) is 0. The normalized spacial score (nSPS) is 21.7. The van der Waals surface area contributed by atoms with Gasteiger partial charge in [0.05, 0.1) is 13.7 Å². The third kappa shape index (κ3) is 3.44. The van der Waals surface area contributed by atoms with E-state index in [0.717, 1.165) is 29.7 Å². The molecule has 1 aromatic carbocycles. The van der Waals surface area contributed by atoms with Crippen LogP contribution in [0.1, 0.15) is 24.8 Å². The highest BCUT2D eigenvalue weighted by Crippen LogP contribution is 2.29. The first kappa shape index (κ1) is 13.8. The third-order valence-electron chi connectivity index (χ3n) is 3.52. The molecule has 1 aliphatic rings. The van der Waals surface area contributed by atoms with Crippen LogP contribution in [0.4, 0.5) is 0 Å². The van der Waals surface area contributed by atoms with Crippen molar-refractivity contribution < 1.29 is 14.3 Å². The molecule has 102 valence electrons. The Morgan fingerprint density at radius 2 is 2.00 bits per heavy atom. The van der Waals surface area contributed by atoms with Crippen LogP contribution in [0.15, 0.2) is 29.8 Å². The molecule has 1 aliphatic carbocycles. The SMILES string of the molecule is COCC1CCCC(=O)C1=Cc1ccc(OC)cc1. The van der Waals surface area contributed by atoms with Gasteiger partial charge < -0.3 is 9.47 Å². The molecule has 3 heteroatoms. The van der Waals surface area contributed by atoms with Gasteiger partial charge in [0, 0.05) is 25.0 Å². The van der Waals surface area contributed by atoms with Gasteiger partial charge in [-0.1, -0.05) is 12.1 Å². The largest absolute Gasteiger partial charge is 0.497 e. The summed E-state index contributed by atoms with van der Waals surface area (Å²) in [7, 11) is 3.33. The lowest BCUT2D eigenvalue weighted by atomic mass is 9.83. The highest BCUT2D eigenvalue weighted by molar-refractivity contribution is 6.00. The van der Waals surface area contributed by atoms with Crippen molar-refractivity contribution in [2.75, 3.05) is 20.8 Å². The maximum atomic E-state index is 12.1. The second-order valence-electron chi connectivity index (χ2n) is 4.84. The molecule has 2 rings (SSSR count). The Hall–Kier alpha value is -1.61. The van der Waals surface area contributed by atoms with Gasteiger partial charge in [-0.25, -0.2) is 0 Å². The van der Waals surface area contributed by atoms with Crippen molar-refractivity contribution in [2.45, 2.75) is 19.3 Å². The minimum Gasteiger partial charge on any atom is -0.497 e. The summed E-state index contributed by atoms with van der Waals surface area (Å²) in [4.78, 5) is 12.1. The monoisotopic (exact) mass is 260 g/mol. The number of benzene rings is 1. The second kappa shape index (κ2) is 6.53. The lowest BCUT2D eigenvalue weighted by Gasteiger charge is -2.23. The maximum absolute atomic E-state index is 12.1. The van der Waals surface area contributed by atoms with Crippen LogP contribution in [0.5, 0.6) is 5.75 Å². The molecule has 1 atom stereocenters. The van der Waals surface area contributed by atoms with E-state index in [2.05, 4.69) is 0 Å². The predicted octanol–water partition coefficient (Wildman–Crippen LogP) is 3.09. The van der Waals surface area contributed by atoms with Gasteiger partial charge in [-0.3, -0.25) is 4.79 Å². The number of Topliss-reactive ketones (excluding diaryl/α,β-unsaturated/α-hetero) is 1. The zero-order chi connectivity index (χ0) is 13.7. The number of rotatable bonds is 4. The second-order valence-corrected chi connectivity index (χ2v) is 4.84. The Morgan fingerprint density at radius 1 is 1.26 bits per heavy atom. The van der Waals surface area contributed by atoms with Crippen LogP contribution in [-0.4, -0.2) is 26.6 Å². The van der Waals surface area contributed by atoms with Crippen LogP contribution in [0, 0.1) is 5.92 Å². The van der Waals surface area contributed by atoms with Crippen molar-refractivity contribution in [3.05, 3.63) is 35.4 Å². The van der Waals surface area contributed by atoms with E-state index in [1.807, 2.05) is 30.3 Å². The lowest BCUT2D eigenvalue weighted by Crippen LogP contribution is -2.22. The van der Waals surface area contributed by atoms with Crippen LogP contribution >= 0.6 is 0 Å². The summed E-state index contributed by atoms with van der Waals surface area (Å²) in [6, 6.07) is 7.76. The zero-order valence-electron chi connectivity index (χ0n) is 11.5. The van der Waals surface area contributed by atoms with E-state index in [1.54, 1.807) is 14.2 Å². The molecule has 0 saturated heterocycles. The molecule has 0 aromatic heterocycles. The molecule has 0 radical (unpaired) electrons. The number of methoxy groups -OCH3 is 2. The van der Waals surface area contributed by atoms with Gasteiger partial charge in [-0.2, -0.15) is 0 Å². The smallest absolute Gasteiger partial charge is 0.159 e. The first-order chi connectivity index (χ1) is 9.24. The fourth-order valence-electron chi connectivity index (χ4n) is 2.49. The Bertz CT molecular complexity index is 457. The molecule has 0 aliphatic heterocycles. The number of hydrogen-bond acceptors (Lipinski definition) is 3. The third-order valence-corrected chi connectivity index (χ3v) is 3.52.